The first-order valence-corrected chi connectivity index (χ1v) is 4.28. The maximum Gasteiger partial charge on any atom is 0.0703 e. The van der Waals surface area contributed by atoms with Gasteiger partial charge in [0.2, 0.25) is 0 Å². The third-order valence-corrected chi connectivity index (χ3v) is 2.54. The van der Waals surface area contributed by atoms with Gasteiger partial charge in [-0.05, 0) is 12.8 Å². The molecule has 0 radical (unpaired) electrons. The van der Waals surface area contributed by atoms with Crippen LogP contribution in [0.25, 0.3) is 0 Å². The number of aliphatic hydroxyl groups excluding tert-OH is 2. The van der Waals surface area contributed by atoms with Crippen molar-refractivity contribution in [2.45, 2.75) is 32.6 Å². The average molecular weight is 167 g/mol. The Kier molecular flexibility index (Phi) is 1.90. The summed E-state index contributed by atoms with van der Waals surface area (Å²) < 4.78 is 2.14. The van der Waals surface area contributed by atoms with E-state index in [0.29, 0.717) is 0 Å². The summed E-state index contributed by atoms with van der Waals surface area (Å²) in [7, 11) is 0. The highest BCUT2D eigenvalue weighted by atomic mass is 16.3. The Labute approximate surface area is 71.3 Å². The van der Waals surface area contributed by atoms with Gasteiger partial charge in [-0.3, -0.25) is 0 Å². The highest BCUT2D eigenvalue weighted by Crippen LogP contribution is 2.24. The number of aliphatic hydroxyl groups is 2. The number of fused-ring (bicyclic) bond motifs is 1. The smallest absolute Gasteiger partial charge is 0.0703 e. The number of nitrogens with zero attached hydrogens (tertiary/aromatic N) is 1. The first-order valence-electron chi connectivity index (χ1n) is 4.28. The molecule has 1 aliphatic rings. The fourth-order valence-electron chi connectivity index (χ4n) is 1.94. The molecule has 0 fully saturated rings. The van der Waals surface area contributed by atoms with Crippen molar-refractivity contribution in [3.8, 4) is 0 Å². The van der Waals surface area contributed by atoms with Gasteiger partial charge in [0.15, 0.2) is 0 Å². The summed E-state index contributed by atoms with van der Waals surface area (Å²) in [5.41, 5.74) is 3.03. The lowest BCUT2D eigenvalue weighted by molar-refractivity contribution is 0.260. The maximum atomic E-state index is 9.08. The summed E-state index contributed by atoms with van der Waals surface area (Å²) in [6, 6.07) is 0. The van der Waals surface area contributed by atoms with E-state index >= 15 is 0 Å². The minimum Gasteiger partial charge on any atom is -0.392 e. The molecule has 0 spiro atoms. The molecule has 0 bridgehead atoms. The summed E-state index contributed by atoms with van der Waals surface area (Å²) in [6.45, 7) is 1.12. The Morgan fingerprint density at radius 3 is 2.83 bits per heavy atom. The predicted octanol–water partition coefficient (Wildman–Crippen LogP) is 0.419. The monoisotopic (exact) mass is 167 g/mol. The van der Waals surface area contributed by atoms with Gasteiger partial charge in [0.25, 0.3) is 0 Å². The van der Waals surface area contributed by atoms with Crippen molar-refractivity contribution in [1.29, 1.82) is 0 Å². The Balaban J connectivity index is 2.46. The third kappa shape index (κ3) is 0.974. The molecule has 0 unspecified atom stereocenters. The molecule has 2 heterocycles. The second-order valence-electron chi connectivity index (χ2n) is 3.19. The summed E-state index contributed by atoms with van der Waals surface area (Å²) in [5, 5.41) is 18.1. The minimum atomic E-state index is 0.0376. The quantitative estimate of drug-likeness (QED) is 0.670. The number of aromatic nitrogens is 1. The van der Waals surface area contributed by atoms with E-state index in [4.69, 9.17) is 10.2 Å². The standard InChI is InChI=1S/C9H13NO2/c11-5-7-4-10-3-1-2-9(10)8(7)6-12/h4,11-12H,1-3,5-6H2. The second kappa shape index (κ2) is 2.92. The molecule has 1 aromatic rings. The molecule has 3 heteroatoms. The molecular weight excluding hydrogens is 154 g/mol. The molecule has 66 valence electrons. The van der Waals surface area contributed by atoms with E-state index in [1.165, 1.54) is 5.69 Å². The van der Waals surface area contributed by atoms with E-state index < -0.39 is 0 Å². The van der Waals surface area contributed by atoms with Crippen LogP contribution in [0.15, 0.2) is 6.20 Å². The van der Waals surface area contributed by atoms with E-state index in [-0.39, 0.29) is 13.2 Å². The van der Waals surface area contributed by atoms with Crippen molar-refractivity contribution in [3.63, 3.8) is 0 Å². The van der Waals surface area contributed by atoms with Crippen LogP contribution in [0.5, 0.6) is 0 Å². The van der Waals surface area contributed by atoms with Gasteiger partial charge in [-0.1, -0.05) is 0 Å². The van der Waals surface area contributed by atoms with Gasteiger partial charge in [-0.25, -0.2) is 0 Å². The van der Waals surface area contributed by atoms with Crippen molar-refractivity contribution < 1.29 is 10.2 Å². The number of rotatable bonds is 2. The van der Waals surface area contributed by atoms with Crippen LogP contribution in [0.4, 0.5) is 0 Å². The highest BCUT2D eigenvalue weighted by Gasteiger charge is 2.17. The van der Waals surface area contributed by atoms with Gasteiger partial charge in [0.1, 0.15) is 0 Å². The zero-order chi connectivity index (χ0) is 8.55. The molecule has 0 aliphatic carbocycles. The topological polar surface area (TPSA) is 45.4 Å². The molecule has 0 saturated carbocycles. The zero-order valence-electron chi connectivity index (χ0n) is 6.95. The fraction of sp³-hybridized carbons (Fsp3) is 0.556. The van der Waals surface area contributed by atoms with Crippen LogP contribution in [0, 0.1) is 0 Å². The molecule has 2 N–H and O–H groups in total. The lowest BCUT2D eigenvalue weighted by atomic mass is 10.1. The molecule has 1 aromatic heterocycles. The van der Waals surface area contributed by atoms with E-state index in [1.54, 1.807) is 0 Å². The summed E-state index contributed by atoms with van der Waals surface area (Å²) in [4.78, 5) is 0. The van der Waals surface area contributed by atoms with Gasteiger partial charge in [0.05, 0.1) is 13.2 Å². The number of aryl methyl sites for hydroxylation is 1. The van der Waals surface area contributed by atoms with Gasteiger partial charge in [-0.15, -0.1) is 0 Å². The third-order valence-electron chi connectivity index (χ3n) is 2.54. The van der Waals surface area contributed by atoms with Crippen molar-refractivity contribution >= 4 is 0 Å². The lowest BCUT2D eigenvalue weighted by Crippen LogP contribution is -1.93. The van der Waals surface area contributed by atoms with Crippen LogP contribution in [0.1, 0.15) is 23.2 Å². The zero-order valence-corrected chi connectivity index (χ0v) is 6.95. The molecule has 0 atom stereocenters. The van der Waals surface area contributed by atoms with Crippen LogP contribution in [0.3, 0.4) is 0 Å². The molecule has 12 heavy (non-hydrogen) atoms. The van der Waals surface area contributed by atoms with Crippen molar-refractivity contribution in [1.82, 2.24) is 4.57 Å². The van der Waals surface area contributed by atoms with Crippen LogP contribution >= 0.6 is 0 Å². The van der Waals surface area contributed by atoms with Crippen molar-refractivity contribution in [3.05, 3.63) is 23.0 Å². The van der Waals surface area contributed by atoms with E-state index in [1.807, 2.05) is 6.20 Å². The average Bonchev–Trinajstić information content (AvgIpc) is 2.61. The molecule has 3 nitrogen and oxygen atoms in total. The Morgan fingerprint density at radius 1 is 1.33 bits per heavy atom. The van der Waals surface area contributed by atoms with E-state index in [2.05, 4.69) is 4.57 Å². The van der Waals surface area contributed by atoms with Crippen molar-refractivity contribution in [2.24, 2.45) is 0 Å². The Bertz CT molecular complexity index is 291. The van der Waals surface area contributed by atoms with Crippen LogP contribution in [-0.4, -0.2) is 14.8 Å². The van der Waals surface area contributed by atoms with Gasteiger partial charge >= 0.3 is 0 Å². The first kappa shape index (κ1) is 7.83. The predicted molar refractivity (Wildman–Crippen MR) is 44.6 cm³/mol. The molecule has 1 aliphatic heterocycles. The van der Waals surface area contributed by atoms with E-state index in [9.17, 15) is 0 Å². The fourth-order valence-corrected chi connectivity index (χ4v) is 1.94. The minimum absolute atomic E-state index is 0.0376. The second-order valence-corrected chi connectivity index (χ2v) is 3.19. The van der Waals surface area contributed by atoms with Crippen LogP contribution in [-0.2, 0) is 26.2 Å². The van der Waals surface area contributed by atoms with Gasteiger partial charge in [-0.2, -0.15) is 0 Å². The highest BCUT2D eigenvalue weighted by molar-refractivity contribution is 5.33. The summed E-state index contributed by atoms with van der Waals surface area (Å²) in [6.07, 6.45) is 4.15. The molecule has 0 saturated heterocycles. The first-order chi connectivity index (χ1) is 5.86. The molecule has 0 amide bonds. The normalized spacial score (nSPS) is 15.2. The number of hydrogen-bond acceptors (Lipinski definition) is 2. The molecule has 2 rings (SSSR count). The molecular formula is C9H13NO2. The Morgan fingerprint density at radius 2 is 2.17 bits per heavy atom. The lowest BCUT2D eigenvalue weighted by Gasteiger charge is -1.98. The largest absolute Gasteiger partial charge is 0.392 e. The SMILES string of the molecule is OCc1cn2c(c1CO)CCC2. The van der Waals surface area contributed by atoms with Crippen molar-refractivity contribution in [2.75, 3.05) is 0 Å². The van der Waals surface area contributed by atoms with Crippen LogP contribution < -0.4 is 0 Å². The van der Waals surface area contributed by atoms with Gasteiger partial charge < -0.3 is 14.8 Å². The van der Waals surface area contributed by atoms with Gasteiger partial charge in [0, 0.05) is 29.6 Å². The molecule has 0 aromatic carbocycles. The van der Waals surface area contributed by atoms with E-state index in [0.717, 1.165) is 30.5 Å². The number of hydrogen-bond donors (Lipinski definition) is 2. The maximum absolute atomic E-state index is 9.08. The summed E-state index contributed by atoms with van der Waals surface area (Å²) in [5.74, 6) is 0. The Hall–Kier alpha value is -0.800. The van der Waals surface area contributed by atoms with Crippen LogP contribution in [0.2, 0.25) is 0 Å². The summed E-state index contributed by atoms with van der Waals surface area (Å²) >= 11 is 0.